The molecule has 0 radical (unpaired) electrons. The summed E-state index contributed by atoms with van der Waals surface area (Å²) in [6.45, 7) is 7.89. The number of fused-ring (bicyclic) bond motifs is 10. The van der Waals surface area contributed by atoms with Crippen LogP contribution in [0.15, 0.2) is 73.9 Å². The van der Waals surface area contributed by atoms with Crippen molar-refractivity contribution in [1.29, 1.82) is 0 Å². The van der Waals surface area contributed by atoms with Crippen molar-refractivity contribution in [3.63, 3.8) is 0 Å². The Balaban J connectivity index is 1.30. The number of carbonyl (C=O) groups is 4. The molecule has 1 aromatic carbocycles. The number of hydrogen-bond acceptors (Lipinski definition) is 4. The molecule has 6 nitrogen and oxygen atoms in total. The standard InChI is InChI=1S/C32H32N2O4/c1-3-11-31-23(25(35)33-27(31)37)21-9-13-29(31,17-21)15-19-7-5-6-8-20(19)16-30-14-10-22(18-30)24-26(36)34-28(38)32(24,30)12-4-2/h3-10,13-14,21-24H,1-2,11-12,15-18H2,(H,33,35,37)(H,34,36,38). The summed E-state index contributed by atoms with van der Waals surface area (Å²) in [5.41, 5.74) is -0.354. The smallest absolute Gasteiger partial charge is 0.234 e. The van der Waals surface area contributed by atoms with Crippen LogP contribution in [0, 0.1) is 45.3 Å². The number of hydrogen-bond donors (Lipinski definition) is 2. The Kier molecular flexibility index (Phi) is 4.67. The van der Waals surface area contributed by atoms with Crippen LogP contribution in [-0.4, -0.2) is 23.6 Å². The summed E-state index contributed by atoms with van der Waals surface area (Å²) in [4.78, 5) is 52.6. The summed E-state index contributed by atoms with van der Waals surface area (Å²) < 4.78 is 0. The first-order chi connectivity index (χ1) is 18.3. The number of benzene rings is 1. The third-order valence-electron chi connectivity index (χ3n) is 11.1. The van der Waals surface area contributed by atoms with Gasteiger partial charge in [0.1, 0.15) is 0 Å². The Morgan fingerprint density at radius 1 is 0.737 bits per heavy atom. The molecule has 2 N–H and O–H groups in total. The van der Waals surface area contributed by atoms with Gasteiger partial charge >= 0.3 is 0 Å². The number of amides is 4. The van der Waals surface area contributed by atoms with Gasteiger partial charge in [0, 0.05) is 10.8 Å². The Morgan fingerprint density at radius 2 is 1.16 bits per heavy atom. The van der Waals surface area contributed by atoms with Gasteiger partial charge in [-0.2, -0.15) is 0 Å². The Labute approximate surface area is 222 Å². The second-order valence-corrected chi connectivity index (χ2v) is 12.4. The molecule has 8 atom stereocenters. The molecule has 4 fully saturated rings. The van der Waals surface area contributed by atoms with Crippen molar-refractivity contribution >= 4 is 23.6 Å². The molecule has 4 amide bonds. The zero-order valence-corrected chi connectivity index (χ0v) is 21.4. The van der Waals surface area contributed by atoms with Crippen LogP contribution < -0.4 is 10.6 Å². The van der Waals surface area contributed by atoms with Crippen molar-refractivity contribution in [1.82, 2.24) is 10.6 Å². The Bertz CT molecular complexity index is 1300. The molecule has 2 aliphatic heterocycles. The number of imide groups is 2. The largest absolute Gasteiger partial charge is 0.296 e. The maximum atomic E-state index is 13.4. The number of nitrogens with one attached hydrogen (secondary N) is 2. The summed E-state index contributed by atoms with van der Waals surface area (Å²) in [5, 5.41) is 5.29. The van der Waals surface area contributed by atoms with Gasteiger partial charge in [-0.1, -0.05) is 60.7 Å². The van der Waals surface area contributed by atoms with Gasteiger partial charge in [0.15, 0.2) is 0 Å². The maximum absolute atomic E-state index is 13.4. The SMILES string of the molecule is C=CCC12C(=O)NC(=O)C1C1C=CC2(Cc2ccccc2CC23C=CC(C2)C2C(=O)NC(=O)C23CC=C)C1. The zero-order chi connectivity index (χ0) is 26.5. The predicted molar refractivity (Wildman–Crippen MR) is 141 cm³/mol. The van der Waals surface area contributed by atoms with Crippen molar-refractivity contribution in [2.45, 2.75) is 38.5 Å². The van der Waals surface area contributed by atoms with Crippen molar-refractivity contribution in [3.05, 3.63) is 85.0 Å². The third kappa shape index (κ3) is 2.50. The van der Waals surface area contributed by atoms with E-state index in [-0.39, 0.29) is 47.3 Å². The van der Waals surface area contributed by atoms with Gasteiger partial charge in [-0.05, 0) is 61.5 Å². The normalized spacial score (nSPS) is 42.9. The van der Waals surface area contributed by atoms with Gasteiger partial charge in [0.05, 0.1) is 22.7 Å². The van der Waals surface area contributed by atoms with Gasteiger partial charge in [0.25, 0.3) is 0 Å². The highest BCUT2D eigenvalue weighted by Gasteiger charge is 2.74. The van der Waals surface area contributed by atoms with Crippen molar-refractivity contribution in [3.8, 4) is 0 Å². The minimum absolute atomic E-state index is 0.0466. The topological polar surface area (TPSA) is 92.3 Å². The second-order valence-electron chi connectivity index (χ2n) is 12.4. The first kappa shape index (κ1) is 23.6. The molecule has 4 aliphatic carbocycles. The van der Waals surface area contributed by atoms with Gasteiger partial charge in [-0.25, -0.2) is 0 Å². The molecule has 2 heterocycles. The maximum Gasteiger partial charge on any atom is 0.234 e. The van der Waals surface area contributed by atoms with Crippen LogP contribution >= 0.6 is 0 Å². The highest BCUT2D eigenvalue weighted by molar-refractivity contribution is 6.10. The summed E-state index contributed by atoms with van der Waals surface area (Å²) in [6.07, 6.45) is 15.9. The molecule has 6 aliphatic rings. The average Bonchev–Trinajstić information content (AvgIpc) is 3.68. The molecule has 2 saturated heterocycles. The van der Waals surface area contributed by atoms with E-state index in [0.29, 0.717) is 25.7 Å². The first-order valence-corrected chi connectivity index (χ1v) is 13.7. The lowest BCUT2D eigenvalue weighted by atomic mass is 9.56. The minimum Gasteiger partial charge on any atom is -0.296 e. The summed E-state index contributed by atoms with van der Waals surface area (Å²) in [5.74, 6) is -1.31. The molecule has 8 unspecified atom stereocenters. The van der Waals surface area contributed by atoms with E-state index < -0.39 is 21.7 Å². The molecule has 2 saturated carbocycles. The van der Waals surface area contributed by atoms with Crippen LogP contribution in [-0.2, 0) is 32.0 Å². The van der Waals surface area contributed by atoms with Crippen LogP contribution in [0.4, 0.5) is 0 Å². The van der Waals surface area contributed by atoms with E-state index in [1.54, 1.807) is 12.2 Å². The van der Waals surface area contributed by atoms with Crippen molar-refractivity contribution < 1.29 is 19.2 Å². The van der Waals surface area contributed by atoms with E-state index >= 15 is 0 Å². The fourth-order valence-electron chi connectivity index (χ4n) is 9.83. The number of rotatable bonds is 8. The average molecular weight is 509 g/mol. The lowest BCUT2D eigenvalue weighted by Crippen LogP contribution is -2.48. The molecule has 6 heteroatoms. The van der Waals surface area contributed by atoms with Crippen LogP contribution in [0.1, 0.15) is 36.8 Å². The van der Waals surface area contributed by atoms with Crippen molar-refractivity contribution in [2.24, 2.45) is 45.3 Å². The molecular formula is C32H32N2O4. The van der Waals surface area contributed by atoms with E-state index in [1.807, 2.05) is 12.1 Å². The highest BCUT2D eigenvalue weighted by atomic mass is 16.2. The van der Waals surface area contributed by atoms with Crippen molar-refractivity contribution in [2.75, 3.05) is 0 Å². The quantitative estimate of drug-likeness (QED) is 0.415. The highest BCUT2D eigenvalue weighted by Crippen LogP contribution is 2.70. The molecule has 4 bridgehead atoms. The molecule has 1 aromatic rings. The number of carbonyl (C=O) groups excluding carboxylic acids is 4. The predicted octanol–water partition coefficient (Wildman–Crippen LogP) is 3.59. The first-order valence-electron chi connectivity index (χ1n) is 13.7. The monoisotopic (exact) mass is 508 g/mol. The summed E-state index contributed by atoms with van der Waals surface area (Å²) in [7, 11) is 0. The van der Waals surface area contributed by atoms with E-state index in [9.17, 15) is 19.2 Å². The van der Waals surface area contributed by atoms with Gasteiger partial charge in [-0.15, -0.1) is 13.2 Å². The molecule has 194 valence electrons. The third-order valence-corrected chi connectivity index (χ3v) is 11.1. The molecule has 38 heavy (non-hydrogen) atoms. The van der Waals surface area contributed by atoms with E-state index in [0.717, 1.165) is 24.0 Å². The van der Waals surface area contributed by atoms with E-state index in [2.05, 4.69) is 60.2 Å². The Hall–Kier alpha value is -3.54. The second kappa shape index (κ2) is 7.52. The van der Waals surface area contributed by atoms with E-state index in [1.165, 1.54) is 0 Å². The minimum atomic E-state index is -0.824. The molecule has 0 spiro atoms. The zero-order valence-electron chi connectivity index (χ0n) is 21.4. The fourth-order valence-corrected chi connectivity index (χ4v) is 9.83. The number of allylic oxidation sites excluding steroid dienone is 6. The van der Waals surface area contributed by atoms with Crippen LogP contribution in [0.5, 0.6) is 0 Å². The Morgan fingerprint density at radius 3 is 1.55 bits per heavy atom. The van der Waals surface area contributed by atoms with Crippen LogP contribution in [0.25, 0.3) is 0 Å². The summed E-state index contributed by atoms with van der Waals surface area (Å²) in [6, 6.07) is 8.28. The fraction of sp³-hybridized carbons (Fsp3) is 0.438. The molecule has 7 rings (SSSR count). The lowest BCUT2D eigenvalue weighted by Gasteiger charge is -2.44. The lowest BCUT2D eigenvalue weighted by molar-refractivity contribution is -0.134. The van der Waals surface area contributed by atoms with Crippen LogP contribution in [0.2, 0.25) is 0 Å². The van der Waals surface area contributed by atoms with Crippen LogP contribution in [0.3, 0.4) is 0 Å². The molecule has 0 aromatic heterocycles. The van der Waals surface area contributed by atoms with E-state index in [4.69, 9.17) is 0 Å². The summed E-state index contributed by atoms with van der Waals surface area (Å²) >= 11 is 0. The van der Waals surface area contributed by atoms with Gasteiger partial charge < -0.3 is 0 Å². The van der Waals surface area contributed by atoms with Gasteiger partial charge in [0.2, 0.25) is 23.6 Å². The van der Waals surface area contributed by atoms with Gasteiger partial charge in [-0.3, -0.25) is 29.8 Å². The molecular weight excluding hydrogens is 476 g/mol.